The van der Waals surface area contributed by atoms with Gasteiger partial charge in [-0.25, -0.2) is 8.78 Å². The molecule has 0 aliphatic carbocycles. The number of anilines is 1. The van der Waals surface area contributed by atoms with Gasteiger partial charge in [0.05, 0.1) is 11.9 Å². The predicted molar refractivity (Wildman–Crippen MR) is 91.6 cm³/mol. The first-order chi connectivity index (χ1) is 12.3. The van der Waals surface area contributed by atoms with Gasteiger partial charge in [-0.05, 0) is 26.0 Å². The highest BCUT2D eigenvalue weighted by Gasteiger charge is 2.20. The molecule has 26 heavy (non-hydrogen) atoms. The number of thioether (sulfide) groups is 1. The standard InChI is InChI=1S/C16H18F2N4O3S/c1-4-25-14(23)8-13-20-21-16(22(13)3)26-9(2)15(24)19-10-5-6-11(17)12(18)7-10/h5-7,9H,4,8H2,1-3H3,(H,19,24). The van der Waals surface area contributed by atoms with E-state index in [2.05, 4.69) is 15.5 Å². The van der Waals surface area contributed by atoms with Crippen molar-refractivity contribution >= 4 is 29.3 Å². The Balaban J connectivity index is 1.99. The van der Waals surface area contributed by atoms with Crippen LogP contribution in [0.15, 0.2) is 23.4 Å². The van der Waals surface area contributed by atoms with Crippen LogP contribution in [-0.2, 0) is 27.8 Å². The van der Waals surface area contributed by atoms with Gasteiger partial charge in [-0.1, -0.05) is 11.8 Å². The Labute approximate surface area is 153 Å². The van der Waals surface area contributed by atoms with Crippen LogP contribution in [0.25, 0.3) is 0 Å². The van der Waals surface area contributed by atoms with Gasteiger partial charge in [0.2, 0.25) is 5.91 Å². The van der Waals surface area contributed by atoms with E-state index in [9.17, 15) is 18.4 Å². The molecule has 0 aliphatic rings. The molecule has 0 bridgehead atoms. The molecule has 2 rings (SSSR count). The molecule has 0 fully saturated rings. The summed E-state index contributed by atoms with van der Waals surface area (Å²) in [6, 6.07) is 3.12. The average Bonchev–Trinajstić information content (AvgIpc) is 2.91. The van der Waals surface area contributed by atoms with Crippen molar-refractivity contribution in [3.05, 3.63) is 35.7 Å². The van der Waals surface area contributed by atoms with E-state index in [1.807, 2.05) is 0 Å². The van der Waals surface area contributed by atoms with Gasteiger partial charge in [-0.3, -0.25) is 9.59 Å². The van der Waals surface area contributed by atoms with E-state index in [0.29, 0.717) is 11.0 Å². The summed E-state index contributed by atoms with van der Waals surface area (Å²) in [7, 11) is 1.68. The number of aromatic nitrogens is 3. The van der Waals surface area contributed by atoms with Crippen molar-refractivity contribution in [2.45, 2.75) is 30.7 Å². The Hall–Kier alpha value is -2.49. The number of amides is 1. The molecule has 0 spiro atoms. The maximum absolute atomic E-state index is 13.2. The first-order valence-electron chi connectivity index (χ1n) is 7.78. The normalized spacial score (nSPS) is 11.9. The molecule has 0 radical (unpaired) electrons. The lowest BCUT2D eigenvalue weighted by Gasteiger charge is -2.12. The summed E-state index contributed by atoms with van der Waals surface area (Å²) in [4.78, 5) is 23.7. The second kappa shape index (κ2) is 8.75. The molecule has 140 valence electrons. The first-order valence-corrected chi connectivity index (χ1v) is 8.66. The van der Waals surface area contributed by atoms with Crippen molar-refractivity contribution in [1.29, 1.82) is 0 Å². The monoisotopic (exact) mass is 384 g/mol. The van der Waals surface area contributed by atoms with E-state index < -0.39 is 28.8 Å². The highest BCUT2D eigenvalue weighted by molar-refractivity contribution is 8.00. The Morgan fingerprint density at radius 1 is 1.31 bits per heavy atom. The van der Waals surface area contributed by atoms with Gasteiger partial charge < -0.3 is 14.6 Å². The van der Waals surface area contributed by atoms with Crippen LogP contribution in [0.2, 0.25) is 0 Å². The van der Waals surface area contributed by atoms with E-state index in [0.717, 1.165) is 23.9 Å². The van der Waals surface area contributed by atoms with Crippen molar-refractivity contribution in [2.75, 3.05) is 11.9 Å². The van der Waals surface area contributed by atoms with Crippen LogP contribution in [0.1, 0.15) is 19.7 Å². The second-order valence-electron chi connectivity index (χ2n) is 5.32. The van der Waals surface area contributed by atoms with Gasteiger partial charge >= 0.3 is 5.97 Å². The molecule has 1 amide bonds. The zero-order valence-corrected chi connectivity index (χ0v) is 15.3. The van der Waals surface area contributed by atoms with Crippen molar-refractivity contribution in [2.24, 2.45) is 7.05 Å². The summed E-state index contributed by atoms with van der Waals surface area (Å²) in [5, 5.41) is 10.3. The van der Waals surface area contributed by atoms with E-state index >= 15 is 0 Å². The van der Waals surface area contributed by atoms with Gasteiger partial charge in [-0.15, -0.1) is 10.2 Å². The van der Waals surface area contributed by atoms with Crippen molar-refractivity contribution in [1.82, 2.24) is 14.8 Å². The van der Waals surface area contributed by atoms with E-state index in [-0.39, 0.29) is 18.7 Å². The third-order valence-corrected chi connectivity index (χ3v) is 4.51. The molecule has 1 atom stereocenters. The van der Waals surface area contributed by atoms with Gasteiger partial charge in [0.1, 0.15) is 12.2 Å². The molecule has 0 saturated carbocycles. The zero-order chi connectivity index (χ0) is 19.3. The minimum Gasteiger partial charge on any atom is -0.466 e. The van der Waals surface area contributed by atoms with E-state index in [1.165, 1.54) is 6.07 Å². The molecule has 1 heterocycles. The highest BCUT2D eigenvalue weighted by atomic mass is 32.2. The van der Waals surface area contributed by atoms with Crippen LogP contribution in [0.4, 0.5) is 14.5 Å². The molecule has 7 nitrogen and oxygen atoms in total. The fraction of sp³-hybridized carbons (Fsp3) is 0.375. The molecule has 10 heteroatoms. The number of benzene rings is 1. The van der Waals surface area contributed by atoms with Crippen LogP contribution >= 0.6 is 11.8 Å². The highest BCUT2D eigenvalue weighted by Crippen LogP contribution is 2.23. The summed E-state index contributed by atoms with van der Waals surface area (Å²) in [6.45, 7) is 3.63. The summed E-state index contributed by atoms with van der Waals surface area (Å²) >= 11 is 1.12. The number of hydrogen-bond acceptors (Lipinski definition) is 6. The van der Waals surface area contributed by atoms with Crippen LogP contribution in [0.3, 0.4) is 0 Å². The lowest BCUT2D eigenvalue weighted by molar-refractivity contribution is -0.142. The smallest absolute Gasteiger partial charge is 0.313 e. The molecular formula is C16H18F2N4O3S. The van der Waals surface area contributed by atoms with Crippen LogP contribution in [0.5, 0.6) is 0 Å². The average molecular weight is 384 g/mol. The summed E-state index contributed by atoms with van der Waals surface area (Å²) < 4.78 is 32.6. The van der Waals surface area contributed by atoms with Crippen LogP contribution in [0, 0.1) is 11.6 Å². The Morgan fingerprint density at radius 3 is 2.69 bits per heavy atom. The summed E-state index contributed by atoms with van der Waals surface area (Å²) in [5.41, 5.74) is 0.155. The lowest BCUT2D eigenvalue weighted by Crippen LogP contribution is -2.23. The molecule has 1 aromatic carbocycles. The predicted octanol–water partition coefficient (Wildman–Crippen LogP) is 2.32. The third-order valence-electron chi connectivity index (χ3n) is 3.37. The Bertz CT molecular complexity index is 813. The maximum atomic E-state index is 13.2. The van der Waals surface area contributed by atoms with Crippen molar-refractivity contribution in [3.63, 3.8) is 0 Å². The quantitative estimate of drug-likeness (QED) is 0.582. The van der Waals surface area contributed by atoms with Gasteiger partial charge in [0.25, 0.3) is 0 Å². The number of rotatable bonds is 7. The van der Waals surface area contributed by atoms with Crippen molar-refractivity contribution < 1.29 is 23.1 Å². The molecule has 0 aliphatic heterocycles. The lowest BCUT2D eigenvalue weighted by atomic mass is 10.3. The number of ether oxygens (including phenoxy) is 1. The topological polar surface area (TPSA) is 86.1 Å². The number of carbonyl (C=O) groups excluding carboxylic acids is 2. The molecule has 1 N–H and O–H groups in total. The third kappa shape index (κ3) is 5.01. The molecule has 2 aromatic rings. The molecule has 0 saturated heterocycles. The number of halogens is 2. The fourth-order valence-corrected chi connectivity index (χ4v) is 2.81. The van der Waals surface area contributed by atoms with E-state index in [4.69, 9.17) is 4.74 Å². The van der Waals surface area contributed by atoms with Gasteiger partial charge in [0, 0.05) is 18.8 Å². The maximum Gasteiger partial charge on any atom is 0.313 e. The molecular weight excluding hydrogens is 366 g/mol. The Kier molecular flexibility index (Phi) is 6.67. The minimum atomic E-state index is -1.04. The largest absolute Gasteiger partial charge is 0.466 e. The first kappa shape index (κ1) is 19.8. The number of esters is 1. The summed E-state index contributed by atoms with van der Waals surface area (Å²) in [6.07, 6.45) is -0.0205. The summed E-state index contributed by atoms with van der Waals surface area (Å²) in [5.74, 6) is -2.43. The number of carbonyl (C=O) groups is 2. The minimum absolute atomic E-state index is 0.0205. The van der Waals surface area contributed by atoms with E-state index in [1.54, 1.807) is 25.5 Å². The number of hydrogen-bond donors (Lipinski definition) is 1. The molecule has 1 unspecified atom stereocenters. The fourth-order valence-electron chi connectivity index (χ4n) is 1.97. The SMILES string of the molecule is CCOC(=O)Cc1nnc(SC(C)C(=O)Nc2ccc(F)c(F)c2)n1C. The number of nitrogens with zero attached hydrogens (tertiary/aromatic N) is 3. The Morgan fingerprint density at radius 2 is 2.04 bits per heavy atom. The van der Waals surface area contributed by atoms with Gasteiger partial charge in [-0.2, -0.15) is 0 Å². The van der Waals surface area contributed by atoms with Crippen LogP contribution in [-0.4, -0.2) is 38.5 Å². The molecule has 1 aromatic heterocycles. The second-order valence-corrected chi connectivity index (χ2v) is 6.63. The van der Waals surface area contributed by atoms with Crippen molar-refractivity contribution in [3.8, 4) is 0 Å². The van der Waals surface area contributed by atoms with Gasteiger partial charge in [0.15, 0.2) is 16.8 Å². The van der Waals surface area contributed by atoms with Crippen LogP contribution < -0.4 is 5.32 Å². The zero-order valence-electron chi connectivity index (χ0n) is 14.5. The number of nitrogens with one attached hydrogen (secondary N) is 1.